The zero-order chi connectivity index (χ0) is 32.1. The zero-order valence-corrected chi connectivity index (χ0v) is 23.8. The van der Waals surface area contributed by atoms with Gasteiger partial charge in [0.05, 0.1) is 12.5 Å². The highest BCUT2D eigenvalue weighted by Crippen LogP contribution is 2.18. The molecule has 0 aromatic heterocycles. The topological polar surface area (TPSA) is 302 Å². The standard InChI is InChI=1S/C24H41N9O9/c1-11(18(36)31-13(3)22(40)33-9-5-7-16(33)23(41)42)30-21(39)15(10-17(34)35)32-19(37)12(2)29-20(38)14(25)6-4-8-28-24(26)27/h11-16H,4-10,25H2,1-3H3,(H,29,38)(H,30,39)(H,31,36)(H,32,37)(H,34,35)(H,41,42)(H4,26,27,28)/t11-,12-,13-,14-,15-,16-/m0/s1. The molecule has 0 spiro atoms. The molecule has 5 amide bonds. The molecule has 6 atom stereocenters. The minimum absolute atomic E-state index is 0.105. The number of nitrogens with zero attached hydrogens (tertiary/aromatic N) is 2. The predicted molar refractivity (Wildman–Crippen MR) is 147 cm³/mol. The van der Waals surface area contributed by atoms with Gasteiger partial charge in [-0.05, 0) is 46.5 Å². The van der Waals surface area contributed by atoms with E-state index >= 15 is 0 Å². The summed E-state index contributed by atoms with van der Waals surface area (Å²) in [5, 5.41) is 27.8. The first kappa shape index (κ1) is 35.5. The maximum absolute atomic E-state index is 12.8. The van der Waals surface area contributed by atoms with Gasteiger partial charge in [0.15, 0.2) is 5.96 Å². The highest BCUT2D eigenvalue weighted by atomic mass is 16.4. The molecule has 12 N–H and O–H groups in total. The monoisotopic (exact) mass is 599 g/mol. The van der Waals surface area contributed by atoms with Crippen LogP contribution in [0, 0.1) is 0 Å². The third kappa shape index (κ3) is 11.6. The number of aliphatic imine (C=N–C) groups is 1. The van der Waals surface area contributed by atoms with Gasteiger partial charge >= 0.3 is 11.9 Å². The number of nitrogens with one attached hydrogen (secondary N) is 4. The summed E-state index contributed by atoms with van der Waals surface area (Å²) in [5.41, 5.74) is 16.2. The second-order valence-corrected chi connectivity index (χ2v) is 9.93. The van der Waals surface area contributed by atoms with Crippen LogP contribution in [0.15, 0.2) is 4.99 Å². The van der Waals surface area contributed by atoms with Crippen molar-refractivity contribution in [3.63, 3.8) is 0 Å². The van der Waals surface area contributed by atoms with Crippen molar-refractivity contribution >= 4 is 47.4 Å². The van der Waals surface area contributed by atoms with E-state index in [2.05, 4.69) is 26.3 Å². The van der Waals surface area contributed by atoms with E-state index in [0.29, 0.717) is 19.3 Å². The van der Waals surface area contributed by atoms with Gasteiger partial charge in [0, 0.05) is 13.1 Å². The molecule has 1 heterocycles. The second kappa shape index (κ2) is 16.7. The van der Waals surface area contributed by atoms with Gasteiger partial charge in [0.25, 0.3) is 0 Å². The fourth-order valence-corrected chi connectivity index (χ4v) is 4.03. The Hall–Kier alpha value is -4.48. The molecule has 0 radical (unpaired) electrons. The summed E-state index contributed by atoms with van der Waals surface area (Å²) in [4.78, 5) is 90.6. The zero-order valence-electron chi connectivity index (χ0n) is 23.8. The number of nitrogens with two attached hydrogens (primary N) is 3. The van der Waals surface area contributed by atoms with Gasteiger partial charge in [0.1, 0.15) is 30.2 Å². The molecule has 1 aliphatic heterocycles. The molecule has 0 aromatic rings. The van der Waals surface area contributed by atoms with Crippen molar-refractivity contribution in [2.24, 2.45) is 22.2 Å². The summed E-state index contributed by atoms with van der Waals surface area (Å²) in [6.07, 6.45) is 0.567. The lowest BCUT2D eigenvalue weighted by Gasteiger charge is -2.26. The summed E-state index contributed by atoms with van der Waals surface area (Å²) >= 11 is 0. The van der Waals surface area contributed by atoms with Gasteiger partial charge < -0.3 is 53.6 Å². The molecule has 0 unspecified atom stereocenters. The summed E-state index contributed by atoms with van der Waals surface area (Å²) in [5.74, 6) is -6.64. The Morgan fingerprint density at radius 2 is 1.40 bits per heavy atom. The molecule has 1 saturated heterocycles. The van der Waals surface area contributed by atoms with E-state index in [1.807, 2.05) is 0 Å². The van der Waals surface area contributed by atoms with Crippen molar-refractivity contribution in [2.45, 2.75) is 89.1 Å². The van der Waals surface area contributed by atoms with E-state index in [1.54, 1.807) is 0 Å². The third-order valence-electron chi connectivity index (χ3n) is 6.37. The number of carboxylic acid groups (broad SMARTS) is 2. The van der Waals surface area contributed by atoms with Crippen LogP contribution in [-0.4, -0.2) is 112 Å². The van der Waals surface area contributed by atoms with Gasteiger partial charge in [-0.3, -0.25) is 33.8 Å². The van der Waals surface area contributed by atoms with Crippen LogP contribution in [0.2, 0.25) is 0 Å². The summed E-state index contributed by atoms with van der Waals surface area (Å²) in [7, 11) is 0. The van der Waals surface area contributed by atoms with E-state index in [-0.39, 0.29) is 25.5 Å². The molecule has 18 nitrogen and oxygen atoms in total. The molecule has 1 fully saturated rings. The van der Waals surface area contributed by atoms with E-state index in [0.717, 1.165) is 4.90 Å². The van der Waals surface area contributed by atoms with Crippen LogP contribution in [0.3, 0.4) is 0 Å². The highest BCUT2D eigenvalue weighted by molar-refractivity contribution is 5.97. The molecule has 1 rings (SSSR count). The van der Waals surface area contributed by atoms with Crippen molar-refractivity contribution in [2.75, 3.05) is 13.1 Å². The molecule has 0 aliphatic carbocycles. The number of aliphatic carboxylic acids is 2. The fraction of sp³-hybridized carbons (Fsp3) is 0.667. The number of rotatable bonds is 16. The molecule has 1 aliphatic rings. The number of hydrogen-bond donors (Lipinski definition) is 9. The van der Waals surface area contributed by atoms with Crippen LogP contribution >= 0.6 is 0 Å². The van der Waals surface area contributed by atoms with Crippen molar-refractivity contribution in [1.82, 2.24) is 26.2 Å². The molecule has 42 heavy (non-hydrogen) atoms. The number of likely N-dealkylation sites (tertiary alicyclic amines) is 1. The van der Waals surface area contributed by atoms with Crippen LogP contribution in [0.1, 0.15) is 52.9 Å². The van der Waals surface area contributed by atoms with Gasteiger partial charge in [-0.25, -0.2) is 4.79 Å². The molecule has 236 valence electrons. The normalized spacial score (nSPS) is 17.9. The van der Waals surface area contributed by atoms with Gasteiger partial charge in [-0.15, -0.1) is 0 Å². The van der Waals surface area contributed by atoms with Crippen molar-refractivity contribution in [3.05, 3.63) is 0 Å². The Labute approximate surface area is 242 Å². The first-order valence-electron chi connectivity index (χ1n) is 13.3. The highest BCUT2D eigenvalue weighted by Gasteiger charge is 2.37. The van der Waals surface area contributed by atoms with Gasteiger partial charge in [0.2, 0.25) is 29.5 Å². The predicted octanol–water partition coefficient (Wildman–Crippen LogP) is -4.08. The molecule has 0 bridgehead atoms. The Morgan fingerprint density at radius 1 is 0.857 bits per heavy atom. The Bertz CT molecular complexity index is 1060. The second-order valence-electron chi connectivity index (χ2n) is 9.93. The maximum Gasteiger partial charge on any atom is 0.326 e. The average molecular weight is 600 g/mol. The van der Waals surface area contributed by atoms with Crippen LogP contribution in [0.5, 0.6) is 0 Å². The quantitative estimate of drug-likeness (QED) is 0.0465. The lowest BCUT2D eigenvalue weighted by atomic mass is 10.1. The number of carbonyl (C=O) groups excluding carboxylic acids is 5. The number of carbonyl (C=O) groups is 7. The molecular weight excluding hydrogens is 558 g/mol. The van der Waals surface area contributed by atoms with Crippen LogP contribution in [0.4, 0.5) is 0 Å². The Balaban J connectivity index is 2.71. The molecule has 0 saturated carbocycles. The van der Waals surface area contributed by atoms with E-state index < -0.39 is 84.1 Å². The SMILES string of the molecule is C[C@H](NC(=O)[C@H](CC(=O)O)NC(=O)[C@H](C)NC(=O)[C@@H](N)CCCN=C(N)N)C(=O)N[C@@H](C)C(=O)N1CCC[C@H]1C(=O)O. The van der Waals surface area contributed by atoms with Crippen molar-refractivity contribution < 1.29 is 43.8 Å². The molecule has 0 aromatic carbocycles. The minimum Gasteiger partial charge on any atom is -0.481 e. The lowest BCUT2D eigenvalue weighted by molar-refractivity contribution is -0.149. The molecular formula is C24H41N9O9. The first-order valence-corrected chi connectivity index (χ1v) is 13.3. The Kier molecular flexibility index (Phi) is 14.1. The average Bonchev–Trinajstić information content (AvgIpc) is 3.39. The van der Waals surface area contributed by atoms with Gasteiger partial charge in [-0.1, -0.05) is 0 Å². The number of carboxylic acids is 2. The number of amides is 5. The largest absolute Gasteiger partial charge is 0.481 e. The number of guanidine groups is 1. The Morgan fingerprint density at radius 3 is 1.95 bits per heavy atom. The fourth-order valence-electron chi connectivity index (χ4n) is 4.03. The molecule has 18 heteroatoms. The van der Waals surface area contributed by atoms with E-state index in [9.17, 15) is 43.8 Å². The minimum atomic E-state index is -1.61. The first-order chi connectivity index (χ1) is 19.5. The third-order valence-corrected chi connectivity index (χ3v) is 6.37. The van der Waals surface area contributed by atoms with Crippen LogP contribution in [-0.2, 0) is 33.6 Å². The van der Waals surface area contributed by atoms with E-state index in [1.165, 1.54) is 20.8 Å². The van der Waals surface area contributed by atoms with Crippen molar-refractivity contribution in [1.29, 1.82) is 0 Å². The van der Waals surface area contributed by atoms with Crippen LogP contribution in [0.25, 0.3) is 0 Å². The van der Waals surface area contributed by atoms with Gasteiger partial charge in [-0.2, -0.15) is 0 Å². The number of hydrogen-bond acceptors (Lipinski definition) is 9. The summed E-state index contributed by atoms with van der Waals surface area (Å²) < 4.78 is 0. The van der Waals surface area contributed by atoms with Crippen molar-refractivity contribution in [3.8, 4) is 0 Å². The lowest BCUT2D eigenvalue weighted by Crippen LogP contribution is -2.58. The summed E-state index contributed by atoms with van der Waals surface area (Å²) in [6, 6.07) is -7.15. The summed E-state index contributed by atoms with van der Waals surface area (Å²) in [6.45, 7) is 4.42. The maximum atomic E-state index is 12.8. The van der Waals surface area contributed by atoms with E-state index in [4.69, 9.17) is 17.2 Å². The van der Waals surface area contributed by atoms with Crippen LogP contribution < -0.4 is 38.5 Å². The smallest absolute Gasteiger partial charge is 0.326 e.